The smallest absolute Gasteiger partial charge is 0.262 e. The molecule has 96 valence electrons. The number of benzene rings is 1. The van der Waals surface area contributed by atoms with Crippen LogP contribution in [0, 0.1) is 0 Å². The molecule has 1 amide bonds. The average Bonchev–Trinajstić information content (AvgIpc) is 2.46. The third-order valence-corrected chi connectivity index (χ3v) is 2.69. The molecule has 1 aliphatic heterocycles. The van der Waals surface area contributed by atoms with Gasteiger partial charge in [0.15, 0.2) is 12.4 Å². The van der Waals surface area contributed by atoms with Crippen LogP contribution in [-0.4, -0.2) is 34.7 Å². The molecule has 2 aromatic rings. The SMILES string of the molecule is CNc1cnnc(-c2ccc3c(c2)NC(=O)CO3)n1. The normalized spacial score (nSPS) is 13.2. The number of hydrogen-bond acceptors (Lipinski definition) is 6. The van der Waals surface area contributed by atoms with Crippen LogP contribution in [0.15, 0.2) is 24.4 Å². The number of hydrogen-bond donors (Lipinski definition) is 2. The molecule has 1 aliphatic rings. The molecule has 19 heavy (non-hydrogen) atoms. The van der Waals surface area contributed by atoms with Crippen molar-refractivity contribution in [1.82, 2.24) is 15.2 Å². The summed E-state index contributed by atoms with van der Waals surface area (Å²) < 4.78 is 5.29. The molecule has 3 rings (SSSR count). The fraction of sp³-hybridized carbons (Fsp3) is 0.167. The van der Waals surface area contributed by atoms with Gasteiger partial charge in [0.25, 0.3) is 5.91 Å². The van der Waals surface area contributed by atoms with Gasteiger partial charge < -0.3 is 15.4 Å². The molecule has 0 spiro atoms. The first kappa shape index (κ1) is 11.4. The number of rotatable bonds is 2. The summed E-state index contributed by atoms with van der Waals surface area (Å²) in [5.74, 6) is 1.58. The van der Waals surface area contributed by atoms with Crippen molar-refractivity contribution in [3.05, 3.63) is 24.4 Å². The second-order valence-corrected chi connectivity index (χ2v) is 3.96. The monoisotopic (exact) mass is 257 g/mol. The highest BCUT2D eigenvalue weighted by Gasteiger charge is 2.17. The fourth-order valence-electron chi connectivity index (χ4n) is 1.77. The highest BCUT2D eigenvalue weighted by atomic mass is 16.5. The Morgan fingerprint density at radius 2 is 2.32 bits per heavy atom. The number of carbonyl (C=O) groups is 1. The Labute approximate surface area is 109 Å². The quantitative estimate of drug-likeness (QED) is 0.831. The number of amides is 1. The van der Waals surface area contributed by atoms with Crippen molar-refractivity contribution in [3.8, 4) is 17.1 Å². The van der Waals surface area contributed by atoms with Crippen molar-refractivity contribution in [3.63, 3.8) is 0 Å². The van der Waals surface area contributed by atoms with Gasteiger partial charge in [0.05, 0.1) is 11.9 Å². The Balaban J connectivity index is 2.01. The summed E-state index contributed by atoms with van der Waals surface area (Å²) in [5, 5.41) is 13.5. The van der Waals surface area contributed by atoms with Gasteiger partial charge in [-0.25, -0.2) is 4.98 Å². The van der Waals surface area contributed by atoms with Crippen LogP contribution < -0.4 is 15.4 Å². The molecule has 1 aromatic heterocycles. The van der Waals surface area contributed by atoms with Gasteiger partial charge in [-0.05, 0) is 18.2 Å². The van der Waals surface area contributed by atoms with Gasteiger partial charge in [-0.1, -0.05) is 0 Å². The van der Waals surface area contributed by atoms with E-state index in [0.717, 1.165) is 5.56 Å². The van der Waals surface area contributed by atoms with Crippen LogP contribution in [0.1, 0.15) is 0 Å². The van der Waals surface area contributed by atoms with Crippen LogP contribution in [0.3, 0.4) is 0 Å². The summed E-state index contributed by atoms with van der Waals surface area (Å²) >= 11 is 0. The molecule has 1 aromatic carbocycles. The third kappa shape index (κ3) is 2.17. The van der Waals surface area contributed by atoms with E-state index in [1.165, 1.54) is 6.20 Å². The van der Waals surface area contributed by atoms with E-state index in [1.54, 1.807) is 19.2 Å². The van der Waals surface area contributed by atoms with Crippen LogP contribution >= 0.6 is 0 Å². The summed E-state index contributed by atoms with van der Waals surface area (Å²) in [5.41, 5.74) is 1.38. The van der Waals surface area contributed by atoms with E-state index >= 15 is 0 Å². The highest BCUT2D eigenvalue weighted by Crippen LogP contribution is 2.31. The highest BCUT2D eigenvalue weighted by molar-refractivity contribution is 5.96. The largest absolute Gasteiger partial charge is 0.482 e. The molecule has 0 unspecified atom stereocenters. The van der Waals surface area contributed by atoms with Gasteiger partial charge in [-0.15, -0.1) is 5.10 Å². The van der Waals surface area contributed by atoms with Gasteiger partial charge in [0.2, 0.25) is 0 Å². The van der Waals surface area contributed by atoms with Crippen LogP contribution in [-0.2, 0) is 4.79 Å². The lowest BCUT2D eigenvalue weighted by molar-refractivity contribution is -0.118. The van der Waals surface area contributed by atoms with Crippen LogP contribution in [0.25, 0.3) is 11.4 Å². The maximum atomic E-state index is 11.3. The van der Waals surface area contributed by atoms with E-state index in [4.69, 9.17) is 4.74 Å². The second kappa shape index (κ2) is 4.52. The molecular weight excluding hydrogens is 246 g/mol. The molecular formula is C12H11N5O2. The van der Waals surface area contributed by atoms with E-state index in [2.05, 4.69) is 25.8 Å². The van der Waals surface area contributed by atoms with Crippen molar-refractivity contribution >= 4 is 17.4 Å². The summed E-state index contributed by atoms with van der Waals surface area (Å²) in [7, 11) is 1.76. The maximum Gasteiger partial charge on any atom is 0.262 e. The van der Waals surface area contributed by atoms with Gasteiger partial charge in [0, 0.05) is 12.6 Å². The number of ether oxygens (including phenoxy) is 1. The van der Waals surface area contributed by atoms with Crippen molar-refractivity contribution in [2.24, 2.45) is 0 Å². The summed E-state index contributed by atoms with van der Waals surface area (Å²) in [4.78, 5) is 15.6. The van der Waals surface area contributed by atoms with E-state index in [9.17, 15) is 4.79 Å². The van der Waals surface area contributed by atoms with Crippen molar-refractivity contribution in [2.75, 3.05) is 24.3 Å². The molecule has 0 atom stereocenters. The lowest BCUT2D eigenvalue weighted by atomic mass is 10.1. The Hall–Kier alpha value is -2.70. The third-order valence-electron chi connectivity index (χ3n) is 2.69. The standard InChI is InChI=1S/C12H11N5O2/c1-13-10-5-14-17-12(16-10)7-2-3-9-8(4-7)15-11(18)6-19-9/h2-5H,6H2,1H3,(H,15,18)(H,13,16,17). The summed E-state index contributed by atoms with van der Waals surface area (Å²) in [6.45, 7) is 0.0413. The lowest BCUT2D eigenvalue weighted by Crippen LogP contribution is -2.25. The van der Waals surface area contributed by atoms with E-state index in [0.29, 0.717) is 23.1 Å². The minimum atomic E-state index is -0.173. The predicted molar refractivity (Wildman–Crippen MR) is 68.9 cm³/mol. The van der Waals surface area contributed by atoms with Crippen molar-refractivity contribution in [1.29, 1.82) is 0 Å². The maximum absolute atomic E-state index is 11.3. The molecule has 0 saturated heterocycles. The number of aromatic nitrogens is 3. The molecule has 2 heterocycles. The number of carbonyl (C=O) groups excluding carboxylic acids is 1. The minimum absolute atomic E-state index is 0.0413. The Kier molecular flexibility index (Phi) is 2.71. The lowest BCUT2D eigenvalue weighted by Gasteiger charge is -2.18. The first-order valence-corrected chi connectivity index (χ1v) is 5.71. The first-order valence-electron chi connectivity index (χ1n) is 5.71. The van der Waals surface area contributed by atoms with Gasteiger partial charge in [-0.2, -0.15) is 5.10 Å². The molecule has 0 aliphatic carbocycles. The average molecular weight is 257 g/mol. The van der Waals surface area contributed by atoms with Crippen molar-refractivity contribution in [2.45, 2.75) is 0 Å². The van der Waals surface area contributed by atoms with E-state index in [1.807, 2.05) is 6.07 Å². The first-order chi connectivity index (χ1) is 9.26. The molecule has 0 radical (unpaired) electrons. The predicted octanol–water partition coefficient (Wildman–Crippen LogP) is 0.911. The van der Waals surface area contributed by atoms with Crippen LogP contribution in [0.5, 0.6) is 5.75 Å². The van der Waals surface area contributed by atoms with E-state index in [-0.39, 0.29) is 12.5 Å². The van der Waals surface area contributed by atoms with Crippen LogP contribution in [0.2, 0.25) is 0 Å². The minimum Gasteiger partial charge on any atom is -0.482 e. The Morgan fingerprint density at radius 3 is 3.16 bits per heavy atom. The molecule has 0 fully saturated rings. The Morgan fingerprint density at radius 1 is 1.42 bits per heavy atom. The summed E-state index contributed by atoms with van der Waals surface area (Å²) in [6, 6.07) is 5.37. The molecule has 2 N–H and O–H groups in total. The zero-order valence-corrected chi connectivity index (χ0v) is 10.2. The molecule has 7 heteroatoms. The zero-order chi connectivity index (χ0) is 13.2. The van der Waals surface area contributed by atoms with Gasteiger partial charge in [0.1, 0.15) is 11.6 Å². The number of anilines is 2. The molecule has 0 saturated carbocycles. The topological polar surface area (TPSA) is 89.0 Å². The van der Waals surface area contributed by atoms with Gasteiger partial charge >= 0.3 is 0 Å². The second-order valence-electron chi connectivity index (χ2n) is 3.96. The molecule has 7 nitrogen and oxygen atoms in total. The summed E-state index contributed by atoms with van der Waals surface area (Å²) in [6.07, 6.45) is 1.53. The van der Waals surface area contributed by atoms with Crippen molar-refractivity contribution < 1.29 is 9.53 Å². The van der Waals surface area contributed by atoms with E-state index < -0.39 is 0 Å². The number of fused-ring (bicyclic) bond motifs is 1. The van der Waals surface area contributed by atoms with Crippen LogP contribution in [0.4, 0.5) is 11.5 Å². The number of nitrogens with one attached hydrogen (secondary N) is 2. The zero-order valence-electron chi connectivity index (χ0n) is 10.2. The fourth-order valence-corrected chi connectivity index (χ4v) is 1.77. The Bertz CT molecular complexity index is 644. The van der Waals surface area contributed by atoms with Gasteiger partial charge in [-0.3, -0.25) is 4.79 Å². The number of nitrogens with zero attached hydrogens (tertiary/aromatic N) is 3. The molecule has 0 bridgehead atoms.